The zero-order valence-corrected chi connectivity index (χ0v) is 16.5. The second kappa shape index (κ2) is 9.09. The summed E-state index contributed by atoms with van der Waals surface area (Å²) >= 11 is 0. The molecule has 1 aromatic carbocycles. The van der Waals surface area contributed by atoms with E-state index in [2.05, 4.69) is 77.8 Å². The average molecular weight is 346 g/mol. The highest BCUT2D eigenvalue weighted by Gasteiger charge is 2.14. The highest BCUT2D eigenvalue weighted by Crippen LogP contribution is 2.23. The number of rotatable bonds is 6. The normalized spacial score (nSPS) is 16.8. The largest absolute Gasteiger partial charge is 0.372 e. The predicted molar refractivity (Wildman–Crippen MR) is 109 cm³/mol. The lowest BCUT2D eigenvalue weighted by molar-refractivity contribution is 0.428. The molecule has 0 spiro atoms. The van der Waals surface area contributed by atoms with Gasteiger partial charge in [-0.25, -0.2) is 0 Å². The first kappa shape index (κ1) is 19.6. The molecule has 0 saturated carbocycles. The summed E-state index contributed by atoms with van der Waals surface area (Å²) in [5.74, 6) is 0.842. The van der Waals surface area contributed by atoms with Gasteiger partial charge in [0, 0.05) is 44.5 Å². The van der Waals surface area contributed by atoms with E-state index in [0.29, 0.717) is 0 Å². The molecule has 5 heteroatoms. The van der Waals surface area contributed by atoms with Crippen molar-refractivity contribution in [2.45, 2.75) is 52.1 Å². The summed E-state index contributed by atoms with van der Waals surface area (Å²) in [6.07, 6.45) is 2.61. The molecule has 5 nitrogen and oxygen atoms in total. The summed E-state index contributed by atoms with van der Waals surface area (Å²) in [6, 6.07) is 9.07. The molecule has 3 N–H and O–H groups in total. The third kappa shape index (κ3) is 6.58. The molecular formula is C20H35N5. The minimum Gasteiger partial charge on any atom is -0.372 e. The van der Waals surface area contributed by atoms with E-state index in [4.69, 9.17) is 0 Å². The molecule has 1 saturated heterocycles. The third-order valence-electron chi connectivity index (χ3n) is 4.49. The Kier molecular flexibility index (Phi) is 7.12. The van der Waals surface area contributed by atoms with Crippen molar-refractivity contribution in [3.8, 4) is 0 Å². The minimum absolute atomic E-state index is 0.141. The van der Waals surface area contributed by atoms with Gasteiger partial charge in [0.15, 0.2) is 5.96 Å². The maximum atomic E-state index is 4.34. The van der Waals surface area contributed by atoms with E-state index in [0.717, 1.165) is 19.0 Å². The average Bonchev–Trinajstić information content (AvgIpc) is 3.11. The Bertz CT molecular complexity index is 555. The van der Waals surface area contributed by atoms with Crippen molar-refractivity contribution < 1.29 is 0 Å². The Morgan fingerprint density at radius 1 is 1.20 bits per heavy atom. The van der Waals surface area contributed by atoms with Crippen LogP contribution in [0.15, 0.2) is 29.3 Å². The van der Waals surface area contributed by atoms with Crippen LogP contribution in [-0.2, 0) is 0 Å². The summed E-state index contributed by atoms with van der Waals surface area (Å²) in [4.78, 5) is 6.82. The maximum Gasteiger partial charge on any atom is 0.191 e. The molecule has 140 valence electrons. The van der Waals surface area contributed by atoms with E-state index < -0.39 is 0 Å². The SMILES string of the molecule is CN=C(NCCNC(C)(C)C)NC(C)c1cccc(N2CCCC2)c1. The Balaban J connectivity index is 1.86. The zero-order valence-electron chi connectivity index (χ0n) is 16.5. The molecule has 25 heavy (non-hydrogen) atoms. The van der Waals surface area contributed by atoms with E-state index in [1.54, 1.807) is 0 Å². The molecule has 1 aromatic rings. The number of nitrogens with one attached hydrogen (secondary N) is 3. The third-order valence-corrected chi connectivity index (χ3v) is 4.49. The van der Waals surface area contributed by atoms with Crippen molar-refractivity contribution in [3.05, 3.63) is 29.8 Å². The molecule has 1 aliphatic heterocycles. The lowest BCUT2D eigenvalue weighted by Gasteiger charge is -2.23. The van der Waals surface area contributed by atoms with Crippen molar-refractivity contribution in [1.29, 1.82) is 0 Å². The van der Waals surface area contributed by atoms with E-state index >= 15 is 0 Å². The molecule has 0 radical (unpaired) electrons. The molecule has 1 fully saturated rings. The molecule has 2 rings (SSSR count). The van der Waals surface area contributed by atoms with Gasteiger partial charge in [0.2, 0.25) is 0 Å². The number of benzene rings is 1. The standard InChI is InChI=1S/C20H35N5/c1-16(24-19(21-5)22-11-12-23-20(2,3)4)17-9-8-10-18(15-17)25-13-6-7-14-25/h8-10,15-16,23H,6-7,11-14H2,1-5H3,(H2,21,22,24). The van der Waals surface area contributed by atoms with Crippen LogP contribution in [0.1, 0.15) is 52.1 Å². The molecule has 1 unspecified atom stereocenters. The second-order valence-electron chi connectivity index (χ2n) is 7.83. The number of aliphatic imine (C=N–C) groups is 1. The molecule has 0 amide bonds. The van der Waals surface area contributed by atoms with E-state index in [1.165, 1.54) is 37.2 Å². The summed E-state index contributed by atoms with van der Waals surface area (Å²) < 4.78 is 0. The molecule has 1 heterocycles. The van der Waals surface area contributed by atoms with Gasteiger partial charge in [-0.1, -0.05) is 12.1 Å². The fourth-order valence-corrected chi connectivity index (χ4v) is 3.07. The quantitative estimate of drug-likeness (QED) is 0.422. The van der Waals surface area contributed by atoms with Crippen LogP contribution in [-0.4, -0.2) is 44.7 Å². The van der Waals surface area contributed by atoms with E-state index in [9.17, 15) is 0 Å². The van der Waals surface area contributed by atoms with Crippen LogP contribution in [0, 0.1) is 0 Å². The van der Waals surface area contributed by atoms with Gasteiger partial charge < -0.3 is 20.9 Å². The van der Waals surface area contributed by atoms with Crippen molar-refractivity contribution in [3.63, 3.8) is 0 Å². The van der Waals surface area contributed by atoms with Gasteiger partial charge in [0.25, 0.3) is 0 Å². The first-order valence-electron chi connectivity index (χ1n) is 9.46. The number of anilines is 1. The van der Waals surface area contributed by atoms with Crippen molar-refractivity contribution in [1.82, 2.24) is 16.0 Å². The Labute approximate surface area is 153 Å². The smallest absolute Gasteiger partial charge is 0.191 e. The molecule has 1 atom stereocenters. The fraction of sp³-hybridized carbons (Fsp3) is 0.650. The monoisotopic (exact) mass is 345 g/mol. The molecule has 0 aromatic heterocycles. The summed E-state index contributed by atoms with van der Waals surface area (Å²) in [5.41, 5.74) is 2.77. The Hall–Kier alpha value is -1.75. The van der Waals surface area contributed by atoms with Crippen molar-refractivity contribution in [2.24, 2.45) is 4.99 Å². The summed E-state index contributed by atoms with van der Waals surface area (Å²) in [6.45, 7) is 12.8. The lowest BCUT2D eigenvalue weighted by Crippen LogP contribution is -2.45. The van der Waals surface area contributed by atoms with Crippen LogP contribution in [0.3, 0.4) is 0 Å². The predicted octanol–water partition coefficient (Wildman–Crippen LogP) is 2.90. The first-order chi connectivity index (χ1) is 11.9. The molecule has 0 aliphatic carbocycles. The summed E-state index contributed by atoms with van der Waals surface area (Å²) in [5, 5.41) is 10.3. The highest BCUT2D eigenvalue weighted by atomic mass is 15.2. The van der Waals surface area contributed by atoms with Gasteiger partial charge in [-0.2, -0.15) is 0 Å². The van der Waals surface area contributed by atoms with E-state index in [1.807, 2.05) is 7.05 Å². The van der Waals surface area contributed by atoms with Gasteiger partial charge >= 0.3 is 0 Å². The van der Waals surface area contributed by atoms with Gasteiger partial charge in [-0.3, -0.25) is 4.99 Å². The zero-order chi connectivity index (χ0) is 18.3. The number of hydrogen-bond acceptors (Lipinski definition) is 3. The van der Waals surface area contributed by atoms with Gasteiger partial charge in [0.1, 0.15) is 0 Å². The highest BCUT2D eigenvalue weighted by molar-refractivity contribution is 5.80. The van der Waals surface area contributed by atoms with Crippen LogP contribution < -0.4 is 20.9 Å². The van der Waals surface area contributed by atoms with Crippen LogP contribution >= 0.6 is 0 Å². The lowest BCUT2D eigenvalue weighted by atomic mass is 10.1. The molecule has 0 bridgehead atoms. The molecular weight excluding hydrogens is 310 g/mol. The maximum absolute atomic E-state index is 4.34. The van der Waals surface area contributed by atoms with Crippen LogP contribution in [0.2, 0.25) is 0 Å². The number of hydrogen-bond donors (Lipinski definition) is 3. The molecule has 1 aliphatic rings. The van der Waals surface area contributed by atoms with E-state index in [-0.39, 0.29) is 11.6 Å². The topological polar surface area (TPSA) is 51.7 Å². The second-order valence-corrected chi connectivity index (χ2v) is 7.83. The summed E-state index contributed by atoms with van der Waals surface area (Å²) in [7, 11) is 1.82. The van der Waals surface area contributed by atoms with Crippen molar-refractivity contribution in [2.75, 3.05) is 38.1 Å². The van der Waals surface area contributed by atoms with Gasteiger partial charge in [-0.05, 0) is 58.2 Å². The Morgan fingerprint density at radius 3 is 2.56 bits per heavy atom. The van der Waals surface area contributed by atoms with Crippen LogP contribution in [0.25, 0.3) is 0 Å². The van der Waals surface area contributed by atoms with Gasteiger partial charge in [-0.15, -0.1) is 0 Å². The number of nitrogens with zero attached hydrogens (tertiary/aromatic N) is 2. The number of guanidine groups is 1. The Morgan fingerprint density at radius 2 is 1.92 bits per heavy atom. The van der Waals surface area contributed by atoms with Crippen LogP contribution in [0.4, 0.5) is 5.69 Å². The van der Waals surface area contributed by atoms with Crippen LogP contribution in [0.5, 0.6) is 0 Å². The minimum atomic E-state index is 0.141. The van der Waals surface area contributed by atoms with Crippen molar-refractivity contribution >= 4 is 11.6 Å². The first-order valence-corrected chi connectivity index (χ1v) is 9.46. The fourth-order valence-electron chi connectivity index (χ4n) is 3.07. The van der Waals surface area contributed by atoms with Gasteiger partial charge in [0.05, 0.1) is 6.04 Å².